The largest absolute Gasteiger partial charge is 0.496 e. The molecule has 0 radical (unpaired) electrons. The monoisotopic (exact) mass is 620 g/mol. The molecule has 4 rings (SSSR count). The van der Waals surface area contributed by atoms with Crippen molar-refractivity contribution in [1.82, 2.24) is 0 Å². The summed E-state index contributed by atoms with van der Waals surface area (Å²) in [5.74, 6) is 1.64. The van der Waals surface area contributed by atoms with Gasteiger partial charge < -0.3 is 18.6 Å². The SMILES string of the molecule is C/C=C\C[C@@H](/C=C/COCc1ccccc1)c1c(OC)cc(CO[Si](c2ccccc2)(c2ccccc2)C(C)(C)C)cc1OC. The Morgan fingerprint density at radius 3 is 1.71 bits per heavy atom. The number of allylic oxidation sites excluding steroid dienone is 3. The van der Waals surface area contributed by atoms with E-state index in [1.807, 2.05) is 25.1 Å². The van der Waals surface area contributed by atoms with Gasteiger partial charge in [-0.15, -0.1) is 0 Å². The van der Waals surface area contributed by atoms with E-state index in [0.717, 1.165) is 34.6 Å². The molecule has 0 fully saturated rings. The Labute approximate surface area is 271 Å². The lowest BCUT2D eigenvalue weighted by molar-refractivity contribution is 0.148. The quantitative estimate of drug-likeness (QED) is 0.0758. The molecule has 0 aliphatic carbocycles. The lowest BCUT2D eigenvalue weighted by Gasteiger charge is -2.43. The maximum atomic E-state index is 7.23. The fraction of sp³-hybridized carbons (Fsp3) is 0.300. The van der Waals surface area contributed by atoms with Crippen molar-refractivity contribution in [2.24, 2.45) is 0 Å². The molecule has 0 aliphatic heterocycles. The van der Waals surface area contributed by atoms with Crippen LogP contribution in [0.15, 0.2) is 127 Å². The summed E-state index contributed by atoms with van der Waals surface area (Å²) >= 11 is 0. The van der Waals surface area contributed by atoms with Crippen LogP contribution in [0.1, 0.15) is 56.7 Å². The van der Waals surface area contributed by atoms with Gasteiger partial charge in [0, 0.05) is 11.5 Å². The van der Waals surface area contributed by atoms with Crippen molar-refractivity contribution in [3.05, 3.63) is 144 Å². The molecule has 0 amide bonds. The average Bonchev–Trinajstić information content (AvgIpc) is 3.06. The summed E-state index contributed by atoms with van der Waals surface area (Å²) in [6, 6.07) is 35.9. The standard InChI is InChI=1S/C40H48O4Si/c1-7-8-21-34(22-18-27-43-30-32-19-12-9-13-20-32)39-37(41-5)28-33(29-38(39)42-6)31-44-45(40(2,3)4,35-23-14-10-15-24-35)36-25-16-11-17-26-36/h7-20,22-26,28-29,34H,21,27,30-31H2,1-6H3/b8-7-,22-18+/t34-/m0/s1. The molecule has 0 unspecified atom stereocenters. The van der Waals surface area contributed by atoms with E-state index >= 15 is 0 Å². The topological polar surface area (TPSA) is 36.9 Å². The van der Waals surface area contributed by atoms with Crippen molar-refractivity contribution in [3.8, 4) is 11.5 Å². The minimum atomic E-state index is -2.71. The van der Waals surface area contributed by atoms with Crippen LogP contribution in [0.5, 0.6) is 11.5 Å². The van der Waals surface area contributed by atoms with Crippen LogP contribution >= 0.6 is 0 Å². The minimum Gasteiger partial charge on any atom is -0.496 e. The van der Waals surface area contributed by atoms with Crippen LogP contribution in [0, 0.1) is 0 Å². The van der Waals surface area contributed by atoms with Crippen LogP contribution in [0.2, 0.25) is 5.04 Å². The summed E-state index contributed by atoms with van der Waals surface area (Å²) in [5, 5.41) is 2.39. The van der Waals surface area contributed by atoms with Gasteiger partial charge in [0.05, 0.1) is 34.0 Å². The molecule has 0 aromatic heterocycles. The van der Waals surface area contributed by atoms with Crippen molar-refractivity contribution < 1.29 is 18.6 Å². The van der Waals surface area contributed by atoms with Crippen molar-refractivity contribution in [2.75, 3.05) is 20.8 Å². The fourth-order valence-electron chi connectivity index (χ4n) is 6.01. The molecule has 0 N–H and O–H groups in total. The van der Waals surface area contributed by atoms with E-state index in [2.05, 4.69) is 130 Å². The molecule has 236 valence electrons. The van der Waals surface area contributed by atoms with Crippen molar-refractivity contribution >= 4 is 18.7 Å². The van der Waals surface area contributed by atoms with Gasteiger partial charge in [-0.2, -0.15) is 0 Å². The van der Waals surface area contributed by atoms with E-state index in [1.165, 1.54) is 10.4 Å². The predicted octanol–water partition coefficient (Wildman–Crippen LogP) is 8.60. The Hall–Kier alpha value is -3.90. The highest BCUT2D eigenvalue weighted by molar-refractivity contribution is 6.99. The van der Waals surface area contributed by atoms with Gasteiger partial charge in [0.25, 0.3) is 8.32 Å². The molecule has 1 atom stereocenters. The third-order valence-corrected chi connectivity index (χ3v) is 13.1. The smallest absolute Gasteiger partial charge is 0.261 e. The predicted molar refractivity (Wildman–Crippen MR) is 189 cm³/mol. The summed E-state index contributed by atoms with van der Waals surface area (Å²) < 4.78 is 25.2. The van der Waals surface area contributed by atoms with Crippen molar-refractivity contribution in [1.29, 1.82) is 0 Å². The highest BCUT2D eigenvalue weighted by atomic mass is 28.4. The number of benzene rings is 4. The van der Waals surface area contributed by atoms with E-state index in [1.54, 1.807) is 14.2 Å². The molecule has 5 heteroatoms. The molecule has 0 saturated carbocycles. The summed E-state index contributed by atoms with van der Waals surface area (Å²) in [7, 11) is 0.747. The molecular formula is C40H48O4Si. The van der Waals surface area contributed by atoms with Crippen LogP contribution in [0.4, 0.5) is 0 Å². The first-order chi connectivity index (χ1) is 21.8. The second kappa shape index (κ2) is 16.4. The number of rotatable bonds is 15. The lowest BCUT2D eigenvalue weighted by atomic mass is 9.92. The summed E-state index contributed by atoms with van der Waals surface area (Å²) in [5.41, 5.74) is 3.20. The highest BCUT2D eigenvalue weighted by Crippen LogP contribution is 2.41. The first-order valence-electron chi connectivity index (χ1n) is 15.7. The van der Waals surface area contributed by atoms with E-state index in [4.69, 9.17) is 18.6 Å². The summed E-state index contributed by atoms with van der Waals surface area (Å²) in [4.78, 5) is 0. The highest BCUT2D eigenvalue weighted by Gasteiger charge is 2.50. The second-order valence-electron chi connectivity index (χ2n) is 12.2. The lowest BCUT2D eigenvalue weighted by Crippen LogP contribution is -2.66. The zero-order valence-electron chi connectivity index (χ0n) is 27.7. The Bertz CT molecular complexity index is 1440. The van der Waals surface area contributed by atoms with Gasteiger partial charge in [0.15, 0.2) is 0 Å². The normalized spacial score (nSPS) is 12.9. The Balaban J connectivity index is 1.65. The van der Waals surface area contributed by atoms with E-state index in [-0.39, 0.29) is 11.0 Å². The third-order valence-electron chi connectivity index (χ3n) is 8.17. The molecule has 4 aromatic rings. The minimum absolute atomic E-state index is 0.0538. The van der Waals surface area contributed by atoms with Crippen molar-refractivity contribution in [2.45, 2.75) is 58.3 Å². The first-order valence-corrected chi connectivity index (χ1v) is 17.6. The molecule has 0 aliphatic rings. The Kier molecular flexibility index (Phi) is 12.4. The molecule has 0 spiro atoms. The molecular weight excluding hydrogens is 573 g/mol. The van der Waals surface area contributed by atoms with Gasteiger partial charge in [0.2, 0.25) is 0 Å². The number of ether oxygens (including phenoxy) is 3. The van der Waals surface area contributed by atoms with Crippen LogP contribution in [-0.2, 0) is 22.4 Å². The zero-order valence-corrected chi connectivity index (χ0v) is 28.7. The van der Waals surface area contributed by atoms with Crippen LogP contribution in [0.3, 0.4) is 0 Å². The molecule has 4 nitrogen and oxygen atoms in total. The number of hydrogen-bond acceptors (Lipinski definition) is 4. The van der Waals surface area contributed by atoms with Crippen LogP contribution < -0.4 is 19.8 Å². The first kappa shape index (κ1) is 34.0. The third kappa shape index (κ3) is 8.43. The van der Waals surface area contributed by atoms with Crippen molar-refractivity contribution in [3.63, 3.8) is 0 Å². The number of methoxy groups -OCH3 is 2. The Morgan fingerprint density at radius 2 is 1.22 bits per heavy atom. The van der Waals surface area contributed by atoms with Crippen LogP contribution in [-0.4, -0.2) is 29.1 Å². The molecule has 4 aromatic carbocycles. The average molecular weight is 621 g/mol. The Morgan fingerprint density at radius 1 is 0.689 bits per heavy atom. The van der Waals surface area contributed by atoms with E-state index < -0.39 is 8.32 Å². The van der Waals surface area contributed by atoms with Gasteiger partial charge in [0.1, 0.15) is 11.5 Å². The maximum absolute atomic E-state index is 7.23. The fourth-order valence-corrected chi connectivity index (χ4v) is 10.5. The van der Waals surface area contributed by atoms with E-state index in [9.17, 15) is 0 Å². The molecule has 0 saturated heterocycles. The zero-order chi connectivity index (χ0) is 32.1. The maximum Gasteiger partial charge on any atom is 0.261 e. The number of hydrogen-bond donors (Lipinski definition) is 0. The summed E-state index contributed by atoms with van der Waals surface area (Å²) in [6.45, 7) is 10.5. The molecule has 0 bridgehead atoms. The van der Waals surface area contributed by atoms with Crippen LogP contribution in [0.25, 0.3) is 0 Å². The van der Waals surface area contributed by atoms with E-state index in [0.29, 0.717) is 19.8 Å². The summed E-state index contributed by atoms with van der Waals surface area (Å²) in [6.07, 6.45) is 9.37. The van der Waals surface area contributed by atoms with Gasteiger partial charge in [-0.3, -0.25) is 0 Å². The van der Waals surface area contributed by atoms with Gasteiger partial charge in [-0.1, -0.05) is 136 Å². The van der Waals surface area contributed by atoms with Gasteiger partial charge >= 0.3 is 0 Å². The molecule has 0 heterocycles. The van der Waals surface area contributed by atoms with Gasteiger partial charge in [-0.05, 0) is 52.0 Å². The van der Waals surface area contributed by atoms with Gasteiger partial charge in [-0.25, -0.2) is 0 Å². The molecule has 45 heavy (non-hydrogen) atoms. The second-order valence-corrected chi connectivity index (χ2v) is 16.5.